The summed E-state index contributed by atoms with van der Waals surface area (Å²) in [6.07, 6.45) is 1.02. The number of para-hydroxylation sites is 1. The normalized spacial score (nSPS) is 13.8. The van der Waals surface area contributed by atoms with Gasteiger partial charge in [-0.05, 0) is 30.2 Å². The first-order chi connectivity index (χ1) is 8.66. The van der Waals surface area contributed by atoms with Gasteiger partial charge in [-0.2, -0.15) is 0 Å². The van der Waals surface area contributed by atoms with Gasteiger partial charge in [0.25, 0.3) is 0 Å². The third kappa shape index (κ3) is 1.82. The quantitative estimate of drug-likeness (QED) is 0.790. The molecule has 0 aromatic heterocycles. The van der Waals surface area contributed by atoms with Crippen molar-refractivity contribution in [3.05, 3.63) is 52.0 Å². The van der Waals surface area contributed by atoms with Gasteiger partial charge in [0.15, 0.2) is 0 Å². The third-order valence-electron chi connectivity index (χ3n) is 3.25. The fourth-order valence-corrected chi connectivity index (χ4v) is 2.70. The Kier molecular flexibility index (Phi) is 2.84. The summed E-state index contributed by atoms with van der Waals surface area (Å²) >= 11 is 12.0. The van der Waals surface area contributed by atoms with Crippen LogP contribution in [0.5, 0.6) is 0 Å². The number of rotatable bonds is 1. The summed E-state index contributed by atoms with van der Waals surface area (Å²) in [6.45, 7) is 0.918. The van der Waals surface area contributed by atoms with Crippen molar-refractivity contribution in [2.75, 3.05) is 17.2 Å². The van der Waals surface area contributed by atoms with E-state index in [2.05, 4.69) is 23.1 Å². The Balaban J connectivity index is 2.10. The van der Waals surface area contributed by atoms with Crippen LogP contribution in [0.1, 0.15) is 5.56 Å². The minimum Gasteiger partial charge on any atom is -0.397 e. The maximum atomic E-state index is 6.08. The minimum absolute atomic E-state index is 0.491. The number of nitrogens with zero attached hydrogens (tertiary/aromatic N) is 1. The van der Waals surface area contributed by atoms with Crippen molar-refractivity contribution in [1.29, 1.82) is 0 Å². The molecule has 18 heavy (non-hydrogen) atoms. The van der Waals surface area contributed by atoms with E-state index in [1.807, 2.05) is 12.1 Å². The number of nitrogens with two attached hydrogens (primary N) is 1. The average Bonchev–Trinajstić information content (AvgIpc) is 2.78. The highest BCUT2D eigenvalue weighted by Crippen LogP contribution is 2.40. The lowest BCUT2D eigenvalue weighted by atomic mass is 10.2. The molecule has 2 aromatic rings. The van der Waals surface area contributed by atoms with E-state index >= 15 is 0 Å². The minimum atomic E-state index is 0.491. The second-order valence-corrected chi connectivity index (χ2v) is 5.17. The van der Waals surface area contributed by atoms with E-state index in [1.54, 1.807) is 6.07 Å². The zero-order valence-corrected chi connectivity index (χ0v) is 11.2. The standard InChI is InChI=1S/C14H12Cl2N2/c15-10-7-12(17)14(8-11(10)16)18-6-5-9-3-1-2-4-13(9)18/h1-4,7-8H,5-6,17H2. The van der Waals surface area contributed by atoms with Crippen molar-refractivity contribution in [1.82, 2.24) is 0 Å². The predicted octanol–water partition coefficient (Wildman–Crippen LogP) is 4.27. The van der Waals surface area contributed by atoms with Crippen LogP contribution < -0.4 is 10.6 Å². The van der Waals surface area contributed by atoms with Gasteiger partial charge in [0.05, 0.1) is 21.4 Å². The molecule has 2 N–H and O–H groups in total. The topological polar surface area (TPSA) is 29.3 Å². The monoisotopic (exact) mass is 278 g/mol. The molecule has 0 amide bonds. The average molecular weight is 279 g/mol. The lowest BCUT2D eigenvalue weighted by Gasteiger charge is -2.22. The highest BCUT2D eigenvalue weighted by atomic mass is 35.5. The lowest BCUT2D eigenvalue weighted by molar-refractivity contribution is 1.000. The van der Waals surface area contributed by atoms with Crippen molar-refractivity contribution in [3.63, 3.8) is 0 Å². The van der Waals surface area contributed by atoms with Crippen LogP contribution in [0.25, 0.3) is 0 Å². The number of anilines is 3. The van der Waals surface area contributed by atoms with Crippen LogP contribution in [0.4, 0.5) is 17.1 Å². The van der Waals surface area contributed by atoms with Gasteiger partial charge in [-0.1, -0.05) is 41.4 Å². The molecule has 0 bridgehead atoms. The molecule has 0 saturated carbocycles. The van der Waals surface area contributed by atoms with E-state index in [0.29, 0.717) is 15.7 Å². The molecule has 2 nitrogen and oxygen atoms in total. The Labute approximate surface area is 116 Å². The van der Waals surface area contributed by atoms with Gasteiger partial charge in [0.1, 0.15) is 0 Å². The van der Waals surface area contributed by atoms with Gasteiger partial charge in [-0.3, -0.25) is 0 Å². The van der Waals surface area contributed by atoms with Gasteiger partial charge >= 0.3 is 0 Å². The summed E-state index contributed by atoms with van der Waals surface area (Å²) in [5.74, 6) is 0. The van der Waals surface area contributed by atoms with E-state index in [0.717, 1.165) is 18.7 Å². The molecule has 0 atom stereocenters. The molecule has 0 spiro atoms. The fraction of sp³-hybridized carbons (Fsp3) is 0.143. The molecular weight excluding hydrogens is 267 g/mol. The SMILES string of the molecule is Nc1cc(Cl)c(Cl)cc1N1CCc2ccccc21. The van der Waals surface area contributed by atoms with Gasteiger partial charge < -0.3 is 10.6 Å². The van der Waals surface area contributed by atoms with E-state index in [4.69, 9.17) is 28.9 Å². The number of hydrogen-bond donors (Lipinski definition) is 1. The lowest BCUT2D eigenvalue weighted by Crippen LogP contribution is -2.15. The van der Waals surface area contributed by atoms with Crippen molar-refractivity contribution in [2.24, 2.45) is 0 Å². The molecule has 2 aromatic carbocycles. The first-order valence-corrected chi connectivity index (χ1v) is 6.52. The molecule has 92 valence electrons. The maximum Gasteiger partial charge on any atom is 0.0660 e. The van der Waals surface area contributed by atoms with Crippen LogP contribution >= 0.6 is 23.2 Å². The van der Waals surface area contributed by atoms with Crippen LogP contribution in [0.2, 0.25) is 10.0 Å². The number of halogens is 2. The smallest absolute Gasteiger partial charge is 0.0660 e. The maximum absolute atomic E-state index is 6.08. The number of benzene rings is 2. The largest absolute Gasteiger partial charge is 0.397 e. The molecule has 3 rings (SSSR count). The molecule has 4 heteroatoms. The van der Waals surface area contributed by atoms with Crippen LogP contribution in [-0.2, 0) is 6.42 Å². The van der Waals surface area contributed by atoms with Gasteiger partial charge in [-0.25, -0.2) is 0 Å². The zero-order chi connectivity index (χ0) is 12.7. The first kappa shape index (κ1) is 11.7. The Morgan fingerprint density at radius 2 is 1.72 bits per heavy atom. The second kappa shape index (κ2) is 4.38. The molecule has 0 unspecified atom stereocenters. The van der Waals surface area contributed by atoms with Gasteiger partial charge in [0.2, 0.25) is 0 Å². The molecule has 0 aliphatic carbocycles. The van der Waals surface area contributed by atoms with E-state index in [-0.39, 0.29) is 0 Å². The van der Waals surface area contributed by atoms with Crippen molar-refractivity contribution >= 4 is 40.3 Å². The van der Waals surface area contributed by atoms with Gasteiger partial charge in [-0.15, -0.1) is 0 Å². The summed E-state index contributed by atoms with van der Waals surface area (Å²) in [5.41, 5.74) is 10.2. The Morgan fingerprint density at radius 1 is 1.00 bits per heavy atom. The van der Waals surface area contributed by atoms with Gasteiger partial charge in [0, 0.05) is 12.2 Å². The molecule has 1 aliphatic heterocycles. The number of hydrogen-bond acceptors (Lipinski definition) is 2. The summed E-state index contributed by atoms with van der Waals surface area (Å²) in [6, 6.07) is 11.9. The molecular formula is C14H12Cl2N2. The van der Waals surface area contributed by atoms with E-state index < -0.39 is 0 Å². The second-order valence-electron chi connectivity index (χ2n) is 4.36. The molecule has 0 radical (unpaired) electrons. The molecule has 0 saturated heterocycles. The Bertz CT molecular complexity index is 611. The molecule has 1 aliphatic rings. The Hall–Kier alpha value is -1.38. The van der Waals surface area contributed by atoms with Crippen molar-refractivity contribution in [2.45, 2.75) is 6.42 Å². The first-order valence-electron chi connectivity index (χ1n) is 5.77. The van der Waals surface area contributed by atoms with E-state index in [1.165, 1.54) is 11.3 Å². The zero-order valence-electron chi connectivity index (χ0n) is 9.66. The highest BCUT2D eigenvalue weighted by Gasteiger charge is 2.22. The number of nitrogen functional groups attached to an aromatic ring is 1. The number of fused-ring (bicyclic) bond motifs is 1. The summed E-state index contributed by atoms with van der Waals surface area (Å²) in [4.78, 5) is 2.19. The fourth-order valence-electron chi connectivity index (χ4n) is 2.37. The van der Waals surface area contributed by atoms with Crippen LogP contribution in [0, 0.1) is 0 Å². The van der Waals surface area contributed by atoms with Crippen molar-refractivity contribution < 1.29 is 0 Å². The molecule has 0 fully saturated rings. The van der Waals surface area contributed by atoms with Crippen LogP contribution in [0.15, 0.2) is 36.4 Å². The Morgan fingerprint density at radius 3 is 2.56 bits per heavy atom. The van der Waals surface area contributed by atoms with Crippen LogP contribution in [0.3, 0.4) is 0 Å². The van der Waals surface area contributed by atoms with E-state index in [9.17, 15) is 0 Å². The summed E-state index contributed by atoms with van der Waals surface area (Å²) in [7, 11) is 0. The molecule has 1 heterocycles. The van der Waals surface area contributed by atoms with Crippen molar-refractivity contribution in [3.8, 4) is 0 Å². The third-order valence-corrected chi connectivity index (χ3v) is 3.97. The summed E-state index contributed by atoms with van der Waals surface area (Å²) < 4.78 is 0. The van der Waals surface area contributed by atoms with Crippen LogP contribution in [-0.4, -0.2) is 6.54 Å². The predicted molar refractivity (Wildman–Crippen MR) is 78.0 cm³/mol. The summed E-state index contributed by atoms with van der Waals surface area (Å²) in [5, 5.41) is 1.02. The highest BCUT2D eigenvalue weighted by molar-refractivity contribution is 6.42.